The molecule has 1 aliphatic rings. The van der Waals surface area contributed by atoms with E-state index in [1.165, 1.54) is 0 Å². The van der Waals surface area contributed by atoms with Crippen molar-refractivity contribution in [2.24, 2.45) is 5.92 Å². The topological polar surface area (TPSA) is 105 Å². The minimum Gasteiger partial charge on any atom is -0.492 e. The number of carbonyl (C=O) groups is 2. The van der Waals surface area contributed by atoms with Crippen LogP contribution in [0.2, 0.25) is 0 Å². The molecular weight excluding hydrogens is 418 g/mol. The van der Waals surface area contributed by atoms with Crippen molar-refractivity contribution in [1.82, 2.24) is 0 Å². The van der Waals surface area contributed by atoms with Gasteiger partial charge in [0.05, 0.1) is 29.7 Å². The molecule has 1 heterocycles. The lowest BCUT2D eigenvalue weighted by atomic mass is 10.1. The van der Waals surface area contributed by atoms with Crippen molar-refractivity contribution in [3.63, 3.8) is 0 Å². The van der Waals surface area contributed by atoms with Gasteiger partial charge in [-0.2, -0.15) is 0 Å². The Morgan fingerprint density at radius 2 is 1.94 bits per heavy atom. The minimum absolute atomic E-state index is 0.0242. The maximum absolute atomic E-state index is 12.8. The van der Waals surface area contributed by atoms with E-state index in [9.17, 15) is 18.0 Å². The first-order valence-electron chi connectivity index (χ1n) is 10.2. The summed E-state index contributed by atoms with van der Waals surface area (Å²) in [6.45, 7) is 5.94. The molecule has 3 rings (SSSR count). The van der Waals surface area contributed by atoms with Gasteiger partial charge in [-0.3, -0.25) is 14.3 Å². The third-order valence-electron chi connectivity index (χ3n) is 5.09. The van der Waals surface area contributed by atoms with Gasteiger partial charge in [0.1, 0.15) is 5.75 Å². The smallest absolute Gasteiger partial charge is 0.232 e. The highest BCUT2D eigenvalue weighted by molar-refractivity contribution is 7.92. The number of carbonyl (C=O) groups excluding carboxylic acids is 2. The van der Waals surface area contributed by atoms with Gasteiger partial charge in [0.25, 0.3) is 0 Å². The summed E-state index contributed by atoms with van der Waals surface area (Å²) >= 11 is 0. The Kier molecular flexibility index (Phi) is 6.84. The summed E-state index contributed by atoms with van der Waals surface area (Å²) in [4.78, 5) is 27.0. The summed E-state index contributed by atoms with van der Waals surface area (Å²) in [5.41, 5.74) is 2.36. The van der Waals surface area contributed by atoms with Crippen molar-refractivity contribution >= 4 is 38.9 Å². The van der Waals surface area contributed by atoms with Crippen LogP contribution in [0.25, 0.3) is 0 Å². The van der Waals surface area contributed by atoms with Gasteiger partial charge in [-0.25, -0.2) is 8.42 Å². The van der Waals surface area contributed by atoms with Gasteiger partial charge >= 0.3 is 0 Å². The number of rotatable bonds is 8. The standard InChI is InChI=1S/C22H27N3O5S/c1-4-30-20-9-7-6-8-19(20)25-14-16(13-21(25)26)22(27)23-17-10-11-18(15(3)12-17)24-31(28,29)5-2/h6-12,16,24H,4-5,13-14H2,1-3H3,(H,23,27). The summed E-state index contributed by atoms with van der Waals surface area (Å²) in [5, 5.41) is 2.83. The molecule has 2 amide bonds. The Bertz CT molecular complexity index is 1080. The Morgan fingerprint density at radius 3 is 2.61 bits per heavy atom. The Morgan fingerprint density at radius 1 is 1.19 bits per heavy atom. The fourth-order valence-corrected chi connectivity index (χ4v) is 4.12. The maximum Gasteiger partial charge on any atom is 0.232 e. The average Bonchev–Trinajstić information content (AvgIpc) is 3.12. The molecule has 8 nitrogen and oxygen atoms in total. The molecule has 0 spiro atoms. The van der Waals surface area contributed by atoms with Crippen LogP contribution in [0.3, 0.4) is 0 Å². The molecule has 1 atom stereocenters. The number of nitrogens with one attached hydrogen (secondary N) is 2. The molecule has 2 N–H and O–H groups in total. The first kappa shape index (κ1) is 22.6. The van der Waals surface area contributed by atoms with E-state index in [1.807, 2.05) is 25.1 Å². The predicted octanol–water partition coefficient (Wildman–Crippen LogP) is 3.15. The zero-order valence-corrected chi connectivity index (χ0v) is 18.7. The highest BCUT2D eigenvalue weighted by atomic mass is 32.2. The second-order valence-corrected chi connectivity index (χ2v) is 9.34. The Labute approximate surface area is 182 Å². The summed E-state index contributed by atoms with van der Waals surface area (Å²) in [6.07, 6.45) is 0.111. The number of anilines is 3. The fraction of sp³-hybridized carbons (Fsp3) is 0.364. The molecule has 0 aromatic heterocycles. The van der Waals surface area contributed by atoms with Gasteiger partial charge < -0.3 is 15.0 Å². The van der Waals surface area contributed by atoms with Gasteiger partial charge in [-0.1, -0.05) is 12.1 Å². The second kappa shape index (κ2) is 9.38. The fourth-order valence-electron chi connectivity index (χ4n) is 3.41. The van der Waals surface area contributed by atoms with E-state index < -0.39 is 15.9 Å². The van der Waals surface area contributed by atoms with E-state index in [0.29, 0.717) is 35.0 Å². The molecule has 1 aliphatic heterocycles. The van der Waals surface area contributed by atoms with Crippen LogP contribution >= 0.6 is 0 Å². The van der Waals surface area contributed by atoms with Crippen LogP contribution in [0.5, 0.6) is 5.75 Å². The number of hydrogen-bond acceptors (Lipinski definition) is 5. The molecule has 0 radical (unpaired) electrons. The summed E-state index contributed by atoms with van der Waals surface area (Å²) in [5.74, 6) is -0.302. The van der Waals surface area contributed by atoms with Crippen LogP contribution in [0.15, 0.2) is 42.5 Å². The van der Waals surface area contributed by atoms with Crippen LogP contribution in [0.1, 0.15) is 25.8 Å². The van der Waals surface area contributed by atoms with Crippen molar-refractivity contribution in [1.29, 1.82) is 0 Å². The van der Waals surface area contributed by atoms with Gasteiger partial charge in [0.2, 0.25) is 21.8 Å². The van der Waals surface area contributed by atoms with Crippen molar-refractivity contribution in [3.8, 4) is 5.75 Å². The second-order valence-electron chi connectivity index (χ2n) is 7.33. The number of ether oxygens (including phenoxy) is 1. The molecule has 2 aromatic rings. The lowest BCUT2D eigenvalue weighted by molar-refractivity contribution is -0.122. The number of amides is 2. The predicted molar refractivity (Wildman–Crippen MR) is 121 cm³/mol. The van der Waals surface area contributed by atoms with Crippen molar-refractivity contribution < 1.29 is 22.7 Å². The first-order valence-corrected chi connectivity index (χ1v) is 11.8. The van der Waals surface area contributed by atoms with E-state index in [0.717, 1.165) is 0 Å². The van der Waals surface area contributed by atoms with Crippen LogP contribution in [0.4, 0.5) is 17.1 Å². The lowest BCUT2D eigenvalue weighted by Crippen LogP contribution is -2.28. The lowest BCUT2D eigenvalue weighted by Gasteiger charge is -2.20. The SMILES string of the molecule is CCOc1ccccc1N1CC(C(=O)Nc2ccc(NS(=O)(=O)CC)c(C)c2)CC1=O. The number of hydrogen-bond donors (Lipinski definition) is 2. The zero-order valence-electron chi connectivity index (χ0n) is 17.8. The number of para-hydroxylation sites is 2. The molecule has 0 bridgehead atoms. The van der Waals surface area contributed by atoms with E-state index in [4.69, 9.17) is 4.74 Å². The molecule has 9 heteroatoms. The monoisotopic (exact) mass is 445 g/mol. The maximum atomic E-state index is 12.8. The Hall–Kier alpha value is -3.07. The summed E-state index contributed by atoms with van der Waals surface area (Å²) < 4.78 is 31.7. The van der Waals surface area contributed by atoms with Crippen molar-refractivity contribution in [2.45, 2.75) is 27.2 Å². The van der Waals surface area contributed by atoms with Crippen LogP contribution in [-0.2, 0) is 19.6 Å². The molecule has 1 fully saturated rings. The molecule has 166 valence electrons. The van der Waals surface area contributed by atoms with Gasteiger partial charge in [-0.05, 0) is 56.7 Å². The molecule has 0 aliphatic carbocycles. The molecular formula is C22H27N3O5S. The average molecular weight is 446 g/mol. The molecule has 2 aromatic carbocycles. The van der Waals surface area contributed by atoms with Gasteiger partial charge in [-0.15, -0.1) is 0 Å². The molecule has 1 saturated heterocycles. The molecule has 1 unspecified atom stereocenters. The van der Waals surface area contributed by atoms with E-state index >= 15 is 0 Å². The number of nitrogens with zero attached hydrogens (tertiary/aromatic N) is 1. The minimum atomic E-state index is -3.38. The van der Waals surface area contributed by atoms with Gasteiger partial charge in [0, 0.05) is 18.7 Å². The normalized spacial score (nSPS) is 16.3. The highest BCUT2D eigenvalue weighted by Gasteiger charge is 2.36. The van der Waals surface area contributed by atoms with Gasteiger partial charge in [0.15, 0.2) is 0 Å². The summed E-state index contributed by atoms with van der Waals surface area (Å²) in [6, 6.07) is 12.2. The highest BCUT2D eigenvalue weighted by Crippen LogP contribution is 2.33. The zero-order chi connectivity index (χ0) is 22.6. The van der Waals surface area contributed by atoms with Crippen LogP contribution in [0, 0.1) is 12.8 Å². The van der Waals surface area contributed by atoms with E-state index in [2.05, 4.69) is 10.0 Å². The number of sulfonamides is 1. The van der Waals surface area contributed by atoms with E-state index in [-0.39, 0.29) is 30.5 Å². The first-order chi connectivity index (χ1) is 14.7. The molecule has 0 saturated carbocycles. The van der Waals surface area contributed by atoms with Crippen LogP contribution < -0.4 is 19.7 Å². The largest absolute Gasteiger partial charge is 0.492 e. The third kappa shape index (κ3) is 5.35. The number of aryl methyl sites for hydroxylation is 1. The number of benzene rings is 2. The van der Waals surface area contributed by atoms with Crippen LogP contribution in [-0.4, -0.2) is 39.1 Å². The Balaban J connectivity index is 1.69. The van der Waals surface area contributed by atoms with E-state index in [1.54, 1.807) is 43.0 Å². The third-order valence-corrected chi connectivity index (χ3v) is 6.38. The summed E-state index contributed by atoms with van der Waals surface area (Å²) in [7, 11) is -3.38. The van der Waals surface area contributed by atoms with Crippen molar-refractivity contribution in [3.05, 3.63) is 48.0 Å². The quantitative estimate of drug-likeness (QED) is 0.650. The van der Waals surface area contributed by atoms with Crippen molar-refractivity contribution in [2.75, 3.05) is 33.8 Å². The molecule has 31 heavy (non-hydrogen) atoms.